The summed E-state index contributed by atoms with van der Waals surface area (Å²) in [4.78, 5) is 12.3. The molecule has 0 aromatic heterocycles. The van der Waals surface area contributed by atoms with Crippen molar-refractivity contribution in [2.45, 2.75) is 32.4 Å². The third-order valence-electron chi connectivity index (χ3n) is 3.70. The van der Waals surface area contributed by atoms with Crippen LogP contribution in [0.4, 0.5) is 0 Å². The van der Waals surface area contributed by atoms with E-state index in [1.165, 1.54) is 5.57 Å². The first kappa shape index (κ1) is 17.2. The Morgan fingerprint density at radius 1 is 1.43 bits per heavy atom. The Morgan fingerprint density at radius 3 is 2.83 bits per heavy atom. The number of allylic oxidation sites excluding steroid dienone is 1. The predicted octanol–water partition coefficient (Wildman–Crippen LogP) is 2.43. The number of benzene rings is 1. The van der Waals surface area contributed by atoms with Gasteiger partial charge in [-0.05, 0) is 44.5 Å². The number of hydrogen-bond acceptors (Lipinski definition) is 4. The van der Waals surface area contributed by atoms with Gasteiger partial charge in [0.05, 0.1) is 30.9 Å². The topological polar surface area (TPSA) is 71.3 Å². The number of rotatable bonds is 5. The molecule has 0 bridgehead atoms. The Bertz CT molecular complexity index is 598. The van der Waals surface area contributed by atoms with Crippen LogP contribution in [0, 0.1) is 11.3 Å². The van der Waals surface area contributed by atoms with Crippen molar-refractivity contribution in [3.05, 3.63) is 47.0 Å². The molecule has 2 rings (SSSR count). The van der Waals surface area contributed by atoms with Gasteiger partial charge in [0.2, 0.25) is 0 Å². The van der Waals surface area contributed by atoms with Crippen LogP contribution in [0.15, 0.2) is 35.9 Å². The van der Waals surface area contributed by atoms with E-state index in [0.717, 1.165) is 6.42 Å². The monoisotopic (exact) mass is 314 g/mol. The zero-order chi connectivity index (χ0) is 16.7. The number of hydrogen-bond donors (Lipinski definition) is 1. The number of carbonyl (C=O) groups excluding carboxylic acids is 1. The molecule has 5 nitrogen and oxygen atoms in total. The molecule has 1 aromatic rings. The van der Waals surface area contributed by atoms with Gasteiger partial charge in [0.25, 0.3) is 5.91 Å². The first-order chi connectivity index (χ1) is 11.1. The first-order valence-corrected chi connectivity index (χ1v) is 7.74. The molecule has 1 aliphatic rings. The Labute approximate surface area is 136 Å². The van der Waals surface area contributed by atoms with E-state index in [9.17, 15) is 4.79 Å². The van der Waals surface area contributed by atoms with E-state index in [1.54, 1.807) is 24.3 Å². The zero-order valence-electron chi connectivity index (χ0n) is 13.5. The Morgan fingerprint density at radius 2 is 2.17 bits per heavy atom. The van der Waals surface area contributed by atoms with Gasteiger partial charge in [-0.25, -0.2) is 0 Å². The van der Waals surface area contributed by atoms with Gasteiger partial charge in [-0.2, -0.15) is 5.26 Å². The van der Waals surface area contributed by atoms with Crippen LogP contribution in [-0.4, -0.2) is 37.9 Å². The molecule has 1 N–H and O–H groups in total. The molecular weight excluding hydrogens is 292 g/mol. The number of carbonyl (C=O) groups is 1. The van der Waals surface area contributed by atoms with Crippen LogP contribution in [-0.2, 0) is 9.47 Å². The lowest BCUT2D eigenvalue weighted by Gasteiger charge is -2.31. The van der Waals surface area contributed by atoms with Crippen molar-refractivity contribution in [1.29, 1.82) is 5.26 Å². The smallest absolute Gasteiger partial charge is 0.251 e. The van der Waals surface area contributed by atoms with Crippen LogP contribution < -0.4 is 5.32 Å². The second-order valence-corrected chi connectivity index (χ2v) is 5.79. The van der Waals surface area contributed by atoms with Crippen LogP contribution in [0.25, 0.3) is 0 Å². The second kappa shape index (κ2) is 8.47. The molecular formula is C18H22N2O3. The van der Waals surface area contributed by atoms with Crippen molar-refractivity contribution in [1.82, 2.24) is 5.32 Å². The maximum Gasteiger partial charge on any atom is 0.251 e. The first-order valence-electron chi connectivity index (χ1n) is 7.74. The number of nitrogens with one attached hydrogen (secondary N) is 1. The fourth-order valence-corrected chi connectivity index (χ4v) is 2.33. The van der Waals surface area contributed by atoms with E-state index in [-0.39, 0.29) is 18.1 Å². The second-order valence-electron chi connectivity index (χ2n) is 5.79. The molecule has 1 fully saturated rings. The van der Waals surface area contributed by atoms with E-state index in [1.807, 2.05) is 26.0 Å². The van der Waals surface area contributed by atoms with Gasteiger partial charge in [-0.15, -0.1) is 0 Å². The van der Waals surface area contributed by atoms with Crippen LogP contribution in [0.3, 0.4) is 0 Å². The molecule has 5 heteroatoms. The SMILES string of the molecule is CC(C)=CCO[C@@H]1COCC[C@H]1NC(=O)c1ccc(C#N)cc1. The van der Waals surface area contributed by atoms with Gasteiger partial charge in [0.15, 0.2) is 0 Å². The van der Waals surface area contributed by atoms with E-state index in [0.29, 0.717) is 30.9 Å². The maximum atomic E-state index is 12.3. The molecule has 0 unspecified atom stereocenters. The third kappa shape index (κ3) is 5.20. The summed E-state index contributed by atoms with van der Waals surface area (Å²) in [6.45, 7) is 5.64. The number of nitrogens with zero attached hydrogens (tertiary/aromatic N) is 1. The molecule has 1 aromatic carbocycles. The minimum atomic E-state index is -0.155. The van der Waals surface area contributed by atoms with Gasteiger partial charge in [-0.1, -0.05) is 11.6 Å². The standard InChI is InChI=1S/C18H22N2O3/c1-13(2)7-10-23-17-12-22-9-8-16(17)20-18(21)15-5-3-14(11-19)4-6-15/h3-7,16-17H,8-10,12H2,1-2H3,(H,20,21)/t16-,17-/m1/s1. The van der Waals surface area contributed by atoms with Crippen LogP contribution in [0.5, 0.6) is 0 Å². The van der Waals surface area contributed by atoms with Crippen molar-refractivity contribution in [2.24, 2.45) is 0 Å². The molecule has 122 valence electrons. The lowest BCUT2D eigenvalue weighted by Crippen LogP contribution is -2.50. The molecule has 0 saturated carbocycles. The van der Waals surface area contributed by atoms with Gasteiger partial charge in [0.1, 0.15) is 6.10 Å². The van der Waals surface area contributed by atoms with Crippen molar-refractivity contribution in [2.75, 3.05) is 19.8 Å². The predicted molar refractivity (Wildman–Crippen MR) is 87.0 cm³/mol. The summed E-state index contributed by atoms with van der Waals surface area (Å²) in [5, 5.41) is 11.8. The minimum absolute atomic E-state index is 0.0718. The van der Waals surface area contributed by atoms with E-state index in [4.69, 9.17) is 14.7 Å². The van der Waals surface area contributed by atoms with Gasteiger partial charge >= 0.3 is 0 Å². The van der Waals surface area contributed by atoms with Crippen LogP contribution in [0.1, 0.15) is 36.2 Å². The summed E-state index contributed by atoms with van der Waals surface area (Å²) in [6, 6.07) is 8.57. The van der Waals surface area contributed by atoms with Gasteiger partial charge < -0.3 is 14.8 Å². The lowest BCUT2D eigenvalue weighted by atomic mass is 10.0. The van der Waals surface area contributed by atoms with Gasteiger partial charge in [0, 0.05) is 12.2 Å². The largest absolute Gasteiger partial charge is 0.379 e. The maximum absolute atomic E-state index is 12.3. The zero-order valence-corrected chi connectivity index (χ0v) is 13.5. The molecule has 1 aliphatic heterocycles. The van der Waals surface area contributed by atoms with Crippen LogP contribution in [0.2, 0.25) is 0 Å². The summed E-state index contributed by atoms with van der Waals surface area (Å²) in [5.41, 5.74) is 2.27. The van der Waals surface area contributed by atoms with Crippen molar-refractivity contribution in [3.8, 4) is 6.07 Å². The highest BCUT2D eigenvalue weighted by Gasteiger charge is 2.28. The van der Waals surface area contributed by atoms with E-state index < -0.39 is 0 Å². The average molecular weight is 314 g/mol. The molecule has 0 spiro atoms. The highest BCUT2D eigenvalue weighted by molar-refractivity contribution is 5.94. The van der Waals surface area contributed by atoms with E-state index >= 15 is 0 Å². The van der Waals surface area contributed by atoms with Crippen molar-refractivity contribution >= 4 is 5.91 Å². The number of nitriles is 1. The molecule has 2 atom stereocenters. The summed E-state index contributed by atoms with van der Waals surface area (Å²) in [6.07, 6.45) is 2.58. The summed E-state index contributed by atoms with van der Waals surface area (Å²) >= 11 is 0. The molecule has 1 heterocycles. The minimum Gasteiger partial charge on any atom is -0.379 e. The summed E-state index contributed by atoms with van der Waals surface area (Å²) in [5.74, 6) is -0.155. The van der Waals surface area contributed by atoms with Gasteiger partial charge in [-0.3, -0.25) is 4.79 Å². The molecule has 23 heavy (non-hydrogen) atoms. The Kier molecular flexibility index (Phi) is 6.33. The van der Waals surface area contributed by atoms with Crippen LogP contribution >= 0.6 is 0 Å². The molecule has 1 saturated heterocycles. The average Bonchev–Trinajstić information content (AvgIpc) is 2.56. The fourth-order valence-electron chi connectivity index (χ4n) is 2.33. The third-order valence-corrected chi connectivity index (χ3v) is 3.70. The number of amides is 1. The Hall–Kier alpha value is -2.16. The molecule has 1 amide bonds. The highest BCUT2D eigenvalue weighted by atomic mass is 16.5. The number of ether oxygens (including phenoxy) is 2. The summed E-state index contributed by atoms with van der Waals surface area (Å²) in [7, 11) is 0. The molecule has 0 aliphatic carbocycles. The fraction of sp³-hybridized carbons (Fsp3) is 0.444. The lowest BCUT2D eigenvalue weighted by molar-refractivity contribution is -0.0589. The normalized spacial score (nSPS) is 20.4. The van der Waals surface area contributed by atoms with Crippen molar-refractivity contribution in [3.63, 3.8) is 0 Å². The van der Waals surface area contributed by atoms with Crippen molar-refractivity contribution < 1.29 is 14.3 Å². The highest BCUT2D eigenvalue weighted by Crippen LogP contribution is 2.13. The molecule has 0 radical (unpaired) electrons. The summed E-state index contributed by atoms with van der Waals surface area (Å²) < 4.78 is 11.3. The Balaban J connectivity index is 1.96. The quantitative estimate of drug-likeness (QED) is 0.847. The van der Waals surface area contributed by atoms with E-state index in [2.05, 4.69) is 5.32 Å².